The molecule has 5 heteroatoms. The highest BCUT2D eigenvalue weighted by Gasteiger charge is 2.13. The average molecular weight is 178 g/mol. The highest BCUT2D eigenvalue weighted by molar-refractivity contribution is 5.55. The number of ether oxygens (including phenoxy) is 1. The molecule has 0 fully saturated rings. The molecule has 0 aromatic rings. The van der Waals surface area contributed by atoms with Crippen LogP contribution >= 0.6 is 0 Å². The monoisotopic (exact) mass is 178 g/mol. The minimum absolute atomic E-state index is 0.0451. The predicted molar refractivity (Wildman–Crippen MR) is 41.2 cm³/mol. The first-order valence-corrected chi connectivity index (χ1v) is 3.28. The number of hydrogen-bond acceptors (Lipinski definition) is 5. The molecule has 12 heavy (non-hydrogen) atoms. The second-order valence-corrected chi connectivity index (χ2v) is 2.81. The lowest BCUT2D eigenvalue weighted by molar-refractivity contribution is -0.141. The van der Waals surface area contributed by atoms with E-state index >= 15 is 0 Å². The molecule has 0 aromatic carbocycles. The summed E-state index contributed by atoms with van der Waals surface area (Å²) < 4.78 is 3.47. The lowest BCUT2D eigenvalue weighted by atomic mass is 9.97. The third-order valence-corrected chi connectivity index (χ3v) is 0.967. The molecule has 0 aromatic heterocycles. The van der Waals surface area contributed by atoms with Crippen molar-refractivity contribution in [3.63, 3.8) is 0 Å². The maximum Gasteiger partial charge on any atom is 0.300 e. The summed E-state index contributed by atoms with van der Waals surface area (Å²) in [6.45, 7) is 3.81. The van der Waals surface area contributed by atoms with Gasteiger partial charge in [-0.3, -0.25) is 9.59 Å². The molecule has 0 aliphatic carbocycles. The van der Waals surface area contributed by atoms with Crippen molar-refractivity contribution in [2.75, 3.05) is 13.2 Å². The molecule has 0 unspecified atom stereocenters. The molecule has 0 aliphatic heterocycles. The van der Waals surface area contributed by atoms with Crippen LogP contribution in [0.3, 0.4) is 0 Å². The van der Waals surface area contributed by atoms with E-state index in [1.807, 2.05) is 0 Å². The Labute approximate surface area is 71.0 Å². The van der Waals surface area contributed by atoms with Gasteiger partial charge in [0.1, 0.15) is 0 Å². The second-order valence-electron chi connectivity index (χ2n) is 2.81. The quantitative estimate of drug-likeness (QED) is 0.440. The topological polar surface area (TPSA) is 83.8 Å². The van der Waals surface area contributed by atoms with Gasteiger partial charge in [0.05, 0.1) is 13.2 Å². The lowest BCUT2D eigenvalue weighted by Crippen LogP contribution is -2.20. The van der Waals surface area contributed by atoms with Crippen LogP contribution in [0.4, 0.5) is 0 Å². The number of aliphatic hydroxyl groups is 2. The van der Waals surface area contributed by atoms with Crippen molar-refractivity contribution in [1.29, 1.82) is 0 Å². The first kappa shape index (κ1) is 13.6. The first-order chi connectivity index (χ1) is 5.54. The summed E-state index contributed by atoms with van der Waals surface area (Å²) in [4.78, 5) is 17.9. The molecule has 0 saturated heterocycles. The van der Waals surface area contributed by atoms with E-state index in [0.717, 1.165) is 0 Å². The zero-order valence-corrected chi connectivity index (χ0v) is 7.19. The molecule has 0 amide bonds. The van der Waals surface area contributed by atoms with Gasteiger partial charge in [-0.2, -0.15) is 0 Å². The van der Waals surface area contributed by atoms with Crippen LogP contribution in [0.5, 0.6) is 0 Å². The Kier molecular flexibility index (Phi) is 9.27. The summed E-state index contributed by atoms with van der Waals surface area (Å²) >= 11 is 0. The van der Waals surface area contributed by atoms with E-state index in [2.05, 4.69) is 4.74 Å². The van der Waals surface area contributed by atoms with Crippen molar-refractivity contribution in [2.24, 2.45) is 5.41 Å². The zero-order valence-electron chi connectivity index (χ0n) is 7.19. The molecule has 0 atom stereocenters. The highest BCUT2D eigenvalue weighted by atomic mass is 16.6. The van der Waals surface area contributed by atoms with Gasteiger partial charge in [-0.1, -0.05) is 13.8 Å². The van der Waals surface area contributed by atoms with E-state index in [-0.39, 0.29) is 31.6 Å². The Morgan fingerprint density at radius 3 is 1.50 bits per heavy atom. The van der Waals surface area contributed by atoms with Crippen molar-refractivity contribution in [3.8, 4) is 0 Å². The van der Waals surface area contributed by atoms with Gasteiger partial charge in [0.2, 0.25) is 0 Å². The summed E-state index contributed by atoms with van der Waals surface area (Å²) in [5.74, 6) is 0. The van der Waals surface area contributed by atoms with Gasteiger partial charge in [0.15, 0.2) is 0 Å². The predicted octanol–water partition coefficient (Wildman–Crippen LogP) is -0.687. The normalized spacial score (nSPS) is 9.33. The molecule has 0 spiro atoms. The Morgan fingerprint density at radius 2 is 1.50 bits per heavy atom. The number of carbonyl (C=O) groups is 2. The summed E-state index contributed by atoms with van der Waals surface area (Å²) in [6, 6.07) is 0. The third kappa shape index (κ3) is 11.8. The van der Waals surface area contributed by atoms with E-state index in [9.17, 15) is 0 Å². The van der Waals surface area contributed by atoms with Crippen molar-refractivity contribution in [2.45, 2.75) is 13.8 Å². The van der Waals surface area contributed by atoms with E-state index in [1.165, 1.54) is 0 Å². The Bertz CT molecular complexity index is 109. The molecular weight excluding hydrogens is 164 g/mol. The fourth-order valence-corrected chi connectivity index (χ4v) is 0.0727. The summed E-state index contributed by atoms with van der Waals surface area (Å²) in [5, 5.41) is 16.9. The van der Waals surface area contributed by atoms with Gasteiger partial charge in [-0.25, -0.2) is 0 Å². The van der Waals surface area contributed by atoms with Gasteiger partial charge < -0.3 is 14.9 Å². The van der Waals surface area contributed by atoms with Gasteiger partial charge >= 0.3 is 12.9 Å². The summed E-state index contributed by atoms with van der Waals surface area (Å²) in [5.41, 5.74) is -0.306. The van der Waals surface area contributed by atoms with Gasteiger partial charge in [-0.05, 0) is 0 Å². The fraction of sp³-hybridized carbons (Fsp3) is 0.714. The third-order valence-electron chi connectivity index (χ3n) is 0.967. The smallest absolute Gasteiger partial charge is 0.300 e. The van der Waals surface area contributed by atoms with Crippen molar-refractivity contribution in [1.82, 2.24) is 0 Å². The minimum Gasteiger partial charge on any atom is -0.398 e. The number of carbonyl (C=O) groups excluding carboxylic acids is 2. The van der Waals surface area contributed by atoms with Crippen LogP contribution < -0.4 is 0 Å². The number of hydrogen-bond donors (Lipinski definition) is 2. The van der Waals surface area contributed by atoms with E-state index in [4.69, 9.17) is 19.8 Å². The van der Waals surface area contributed by atoms with Crippen LogP contribution in [0, 0.1) is 5.41 Å². The maximum absolute atomic E-state index is 8.95. The van der Waals surface area contributed by atoms with Crippen LogP contribution in [0.2, 0.25) is 0 Å². The summed E-state index contributed by atoms with van der Waals surface area (Å²) in [7, 11) is 0. The molecule has 0 bridgehead atoms. The maximum atomic E-state index is 8.95. The van der Waals surface area contributed by atoms with Crippen LogP contribution in [0.15, 0.2) is 0 Å². The zero-order chi connectivity index (χ0) is 10.0. The molecule has 0 radical (unpaired) electrons. The molecule has 2 N–H and O–H groups in total. The standard InChI is InChI=1S/C5H12O2.C2H2O3/c1-5(2,3-6)4-7;3-1-5-2-4/h6-7H,3-4H2,1-2H3;1-2H. The minimum atomic E-state index is -0.306. The van der Waals surface area contributed by atoms with Crippen LogP contribution in [0.25, 0.3) is 0 Å². The van der Waals surface area contributed by atoms with Gasteiger partial charge in [-0.15, -0.1) is 0 Å². The van der Waals surface area contributed by atoms with E-state index in [0.29, 0.717) is 0 Å². The Hall–Kier alpha value is -0.940. The van der Waals surface area contributed by atoms with E-state index < -0.39 is 0 Å². The van der Waals surface area contributed by atoms with Gasteiger partial charge in [0, 0.05) is 5.41 Å². The fourth-order valence-electron chi connectivity index (χ4n) is 0.0727. The molecule has 0 saturated carbocycles. The van der Waals surface area contributed by atoms with Crippen LogP contribution in [0.1, 0.15) is 13.8 Å². The second kappa shape index (κ2) is 8.16. The molecule has 0 aliphatic rings. The molecule has 0 rings (SSSR count). The molecular formula is C7H14O5. The summed E-state index contributed by atoms with van der Waals surface area (Å²) in [6.07, 6.45) is 0. The van der Waals surface area contributed by atoms with Crippen LogP contribution in [-0.4, -0.2) is 36.4 Å². The van der Waals surface area contributed by atoms with Gasteiger partial charge in [0.25, 0.3) is 0 Å². The lowest BCUT2D eigenvalue weighted by Gasteiger charge is -2.16. The van der Waals surface area contributed by atoms with Crippen molar-refractivity contribution >= 4 is 12.9 Å². The van der Waals surface area contributed by atoms with E-state index in [1.54, 1.807) is 13.8 Å². The average Bonchev–Trinajstić information content (AvgIpc) is 2.07. The van der Waals surface area contributed by atoms with Crippen molar-refractivity contribution < 1.29 is 24.5 Å². The van der Waals surface area contributed by atoms with Crippen molar-refractivity contribution in [3.05, 3.63) is 0 Å². The molecule has 0 heterocycles. The van der Waals surface area contributed by atoms with Crippen LogP contribution in [-0.2, 0) is 14.3 Å². The first-order valence-electron chi connectivity index (χ1n) is 3.28. The molecule has 5 nitrogen and oxygen atoms in total. The largest absolute Gasteiger partial charge is 0.398 e. The number of aliphatic hydroxyl groups excluding tert-OH is 2. The Morgan fingerprint density at radius 1 is 1.17 bits per heavy atom. The Balaban J connectivity index is 0. The highest BCUT2D eigenvalue weighted by Crippen LogP contribution is 2.10. The molecule has 72 valence electrons. The SMILES string of the molecule is CC(C)(CO)CO.O=COC=O. The number of rotatable bonds is 4.